The van der Waals surface area contributed by atoms with E-state index in [1.807, 2.05) is 6.92 Å². The predicted molar refractivity (Wildman–Crippen MR) is 78.1 cm³/mol. The first kappa shape index (κ1) is 15.3. The molecule has 2 heterocycles. The number of pyridine rings is 1. The summed E-state index contributed by atoms with van der Waals surface area (Å²) in [7, 11) is 3.51. The highest BCUT2D eigenvalue weighted by molar-refractivity contribution is 5.96. The molecular formula is C15H21N3O3. The van der Waals surface area contributed by atoms with Gasteiger partial charge in [-0.3, -0.25) is 9.59 Å². The van der Waals surface area contributed by atoms with Crippen molar-refractivity contribution in [1.29, 1.82) is 0 Å². The van der Waals surface area contributed by atoms with E-state index in [4.69, 9.17) is 4.74 Å². The van der Waals surface area contributed by atoms with E-state index in [1.165, 1.54) is 6.92 Å². The number of fused-ring (bicyclic) bond motifs is 1. The smallest absolute Gasteiger partial charge is 0.259 e. The summed E-state index contributed by atoms with van der Waals surface area (Å²) in [6.45, 7) is 4.57. The molecule has 0 aliphatic carbocycles. The van der Waals surface area contributed by atoms with Crippen LogP contribution in [0.2, 0.25) is 0 Å². The third-order valence-electron chi connectivity index (χ3n) is 3.80. The third-order valence-corrected chi connectivity index (χ3v) is 3.80. The quantitative estimate of drug-likeness (QED) is 0.816. The molecule has 0 saturated carbocycles. The SMILES string of the molecule is CC(=O)N(C)C[C@H]1Oc2ncccc2C(=O)N(C)C[C@@H]1C. The first-order valence-electron chi connectivity index (χ1n) is 6.99. The van der Waals surface area contributed by atoms with Gasteiger partial charge in [-0.25, -0.2) is 4.98 Å². The maximum Gasteiger partial charge on any atom is 0.259 e. The summed E-state index contributed by atoms with van der Waals surface area (Å²) in [5.74, 6) is 0.320. The Morgan fingerprint density at radius 1 is 1.57 bits per heavy atom. The zero-order valence-electron chi connectivity index (χ0n) is 12.9. The molecule has 0 fully saturated rings. The fraction of sp³-hybridized carbons (Fsp3) is 0.533. The molecule has 1 aromatic rings. The molecule has 6 nitrogen and oxygen atoms in total. The number of carbonyl (C=O) groups excluding carboxylic acids is 2. The third kappa shape index (κ3) is 3.32. The summed E-state index contributed by atoms with van der Waals surface area (Å²) < 4.78 is 5.94. The largest absolute Gasteiger partial charge is 0.472 e. The van der Waals surface area contributed by atoms with Crippen LogP contribution in [0.4, 0.5) is 0 Å². The number of hydrogen-bond acceptors (Lipinski definition) is 4. The molecule has 114 valence electrons. The molecule has 0 bridgehead atoms. The van der Waals surface area contributed by atoms with Crippen molar-refractivity contribution in [2.24, 2.45) is 5.92 Å². The van der Waals surface area contributed by atoms with Gasteiger partial charge in [-0.1, -0.05) is 6.92 Å². The topological polar surface area (TPSA) is 62.7 Å². The number of ether oxygens (including phenoxy) is 1. The van der Waals surface area contributed by atoms with Crippen molar-refractivity contribution in [3.63, 3.8) is 0 Å². The van der Waals surface area contributed by atoms with Gasteiger partial charge in [0, 0.05) is 39.7 Å². The van der Waals surface area contributed by atoms with E-state index in [0.717, 1.165) is 0 Å². The van der Waals surface area contributed by atoms with E-state index in [0.29, 0.717) is 24.5 Å². The lowest BCUT2D eigenvalue weighted by atomic mass is 10.0. The minimum Gasteiger partial charge on any atom is -0.472 e. The van der Waals surface area contributed by atoms with Crippen molar-refractivity contribution < 1.29 is 14.3 Å². The van der Waals surface area contributed by atoms with Crippen LogP contribution in [-0.2, 0) is 4.79 Å². The fourth-order valence-corrected chi connectivity index (χ4v) is 2.36. The molecule has 0 spiro atoms. The van der Waals surface area contributed by atoms with E-state index in [-0.39, 0.29) is 23.8 Å². The van der Waals surface area contributed by atoms with Gasteiger partial charge in [-0.05, 0) is 12.1 Å². The zero-order valence-corrected chi connectivity index (χ0v) is 12.9. The first-order chi connectivity index (χ1) is 9.90. The maximum absolute atomic E-state index is 12.3. The van der Waals surface area contributed by atoms with Gasteiger partial charge < -0.3 is 14.5 Å². The number of aromatic nitrogens is 1. The summed E-state index contributed by atoms with van der Waals surface area (Å²) in [5.41, 5.74) is 0.461. The van der Waals surface area contributed by atoms with Crippen molar-refractivity contribution in [2.75, 3.05) is 27.2 Å². The van der Waals surface area contributed by atoms with Gasteiger partial charge >= 0.3 is 0 Å². The minimum absolute atomic E-state index is 0.0152. The van der Waals surface area contributed by atoms with Crippen LogP contribution in [0.3, 0.4) is 0 Å². The number of amides is 2. The average Bonchev–Trinajstić information content (AvgIpc) is 2.45. The van der Waals surface area contributed by atoms with Crippen molar-refractivity contribution in [1.82, 2.24) is 14.8 Å². The van der Waals surface area contributed by atoms with Gasteiger partial charge in [-0.15, -0.1) is 0 Å². The van der Waals surface area contributed by atoms with Crippen molar-refractivity contribution in [2.45, 2.75) is 20.0 Å². The Bertz CT molecular complexity index is 547. The van der Waals surface area contributed by atoms with Crippen LogP contribution in [0.15, 0.2) is 18.3 Å². The summed E-state index contributed by atoms with van der Waals surface area (Å²) >= 11 is 0. The maximum atomic E-state index is 12.3. The van der Waals surface area contributed by atoms with Gasteiger partial charge in [0.15, 0.2) is 0 Å². The molecule has 21 heavy (non-hydrogen) atoms. The lowest BCUT2D eigenvalue weighted by molar-refractivity contribution is -0.129. The molecule has 2 atom stereocenters. The lowest BCUT2D eigenvalue weighted by Gasteiger charge is -2.33. The van der Waals surface area contributed by atoms with Gasteiger partial charge in [0.05, 0.1) is 6.54 Å². The number of hydrogen-bond donors (Lipinski definition) is 0. The second-order valence-electron chi connectivity index (χ2n) is 5.57. The molecule has 0 radical (unpaired) electrons. The predicted octanol–water partition coefficient (Wildman–Crippen LogP) is 1.03. The Labute approximate surface area is 124 Å². The van der Waals surface area contributed by atoms with E-state index in [9.17, 15) is 9.59 Å². The lowest BCUT2D eigenvalue weighted by Crippen LogP contribution is -2.46. The molecule has 0 aromatic carbocycles. The van der Waals surface area contributed by atoms with Gasteiger partial charge in [-0.2, -0.15) is 0 Å². The molecule has 0 N–H and O–H groups in total. The van der Waals surface area contributed by atoms with Crippen LogP contribution in [-0.4, -0.2) is 59.9 Å². The Balaban J connectivity index is 2.31. The second-order valence-corrected chi connectivity index (χ2v) is 5.57. The zero-order chi connectivity index (χ0) is 15.6. The van der Waals surface area contributed by atoms with Crippen LogP contribution >= 0.6 is 0 Å². The Kier molecular flexibility index (Phi) is 4.45. The second kappa shape index (κ2) is 6.11. The van der Waals surface area contributed by atoms with Crippen LogP contribution in [0.25, 0.3) is 0 Å². The van der Waals surface area contributed by atoms with Gasteiger partial charge in [0.25, 0.3) is 5.91 Å². The van der Waals surface area contributed by atoms with Crippen LogP contribution in [0.1, 0.15) is 24.2 Å². The van der Waals surface area contributed by atoms with Gasteiger partial charge in [0.1, 0.15) is 11.7 Å². The highest BCUT2D eigenvalue weighted by atomic mass is 16.5. The van der Waals surface area contributed by atoms with Crippen molar-refractivity contribution in [3.8, 4) is 5.88 Å². The van der Waals surface area contributed by atoms with Crippen molar-refractivity contribution in [3.05, 3.63) is 23.9 Å². The normalized spacial score (nSPS) is 21.9. The molecule has 1 aliphatic heterocycles. The highest BCUT2D eigenvalue weighted by Crippen LogP contribution is 2.24. The molecule has 2 rings (SSSR count). The Morgan fingerprint density at radius 2 is 2.29 bits per heavy atom. The van der Waals surface area contributed by atoms with Crippen molar-refractivity contribution >= 4 is 11.8 Å². The van der Waals surface area contributed by atoms with E-state index in [1.54, 1.807) is 42.2 Å². The minimum atomic E-state index is -0.205. The fourth-order valence-electron chi connectivity index (χ4n) is 2.36. The average molecular weight is 291 g/mol. The first-order valence-corrected chi connectivity index (χ1v) is 6.99. The number of likely N-dealkylation sites (N-methyl/N-ethyl adjacent to an activating group) is 1. The molecular weight excluding hydrogens is 270 g/mol. The Hall–Kier alpha value is -2.11. The number of carbonyl (C=O) groups is 2. The van der Waals surface area contributed by atoms with E-state index in [2.05, 4.69) is 4.98 Å². The van der Waals surface area contributed by atoms with Gasteiger partial charge in [0.2, 0.25) is 11.8 Å². The molecule has 0 saturated heterocycles. The Morgan fingerprint density at radius 3 is 2.95 bits per heavy atom. The summed E-state index contributed by atoms with van der Waals surface area (Å²) in [6.07, 6.45) is 1.40. The molecule has 6 heteroatoms. The molecule has 2 amide bonds. The van der Waals surface area contributed by atoms with Crippen LogP contribution < -0.4 is 4.74 Å². The summed E-state index contributed by atoms with van der Waals surface area (Å²) in [4.78, 5) is 31.2. The summed E-state index contributed by atoms with van der Waals surface area (Å²) in [6, 6.07) is 3.43. The van der Waals surface area contributed by atoms with Crippen LogP contribution in [0, 0.1) is 5.92 Å². The molecule has 1 aromatic heterocycles. The molecule has 1 aliphatic rings. The number of nitrogens with zero attached hydrogens (tertiary/aromatic N) is 3. The van der Waals surface area contributed by atoms with E-state index >= 15 is 0 Å². The molecule has 0 unspecified atom stereocenters. The van der Waals surface area contributed by atoms with E-state index < -0.39 is 0 Å². The summed E-state index contributed by atoms with van der Waals surface area (Å²) in [5, 5.41) is 0. The monoisotopic (exact) mass is 291 g/mol. The highest BCUT2D eigenvalue weighted by Gasteiger charge is 2.30. The standard InChI is InChI=1S/C15H21N3O3/c1-10-8-18(4)15(20)12-6-5-7-16-14(12)21-13(10)9-17(3)11(2)19/h5-7,10,13H,8-9H2,1-4H3/t10-,13+/m0/s1. The number of rotatable bonds is 2. The van der Waals surface area contributed by atoms with Crippen LogP contribution in [0.5, 0.6) is 5.88 Å².